The van der Waals surface area contributed by atoms with Gasteiger partial charge >= 0.3 is 0 Å². The Kier molecular flexibility index (Phi) is 5.47. The Bertz CT molecular complexity index is 433. The fourth-order valence-corrected chi connectivity index (χ4v) is 1.69. The molecule has 1 aliphatic rings. The molecule has 1 aliphatic carbocycles. The van der Waals surface area contributed by atoms with Crippen LogP contribution in [0.25, 0.3) is 0 Å². The fraction of sp³-hybridized carbons (Fsp3) is 0.462. The van der Waals surface area contributed by atoms with Crippen LogP contribution in [-0.4, -0.2) is 24.1 Å². The fourth-order valence-electron chi connectivity index (χ4n) is 1.56. The summed E-state index contributed by atoms with van der Waals surface area (Å²) in [7, 11) is 0. The second-order valence-corrected chi connectivity index (χ2v) is 5.18. The lowest BCUT2D eigenvalue weighted by molar-refractivity contribution is -0.123. The van der Waals surface area contributed by atoms with Gasteiger partial charge in [-0.2, -0.15) is 0 Å². The van der Waals surface area contributed by atoms with Gasteiger partial charge in [-0.1, -0.05) is 11.6 Å². The molecule has 0 radical (unpaired) electrons. The predicted molar refractivity (Wildman–Crippen MR) is 78.0 cm³/mol. The molecule has 3 N–H and O–H groups in total. The van der Waals surface area contributed by atoms with Gasteiger partial charge in [0, 0.05) is 5.02 Å². The van der Waals surface area contributed by atoms with E-state index in [2.05, 4.69) is 5.32 Å². The van der Waals surface area contributed by atoms with Crippen LogP contribution >= 0.6 is 24.0 Å². The van der Waals surface area contributed by atoms with E-state index < -0.39 is 5.54 Å². The number of benzene rings is 1. The van der Waals surface area contributed by atoms with Crippen molar-refractivity contribution in [2.75, 3.05) is 6.54 Å². The third-order valence-corrected chi connectivity index (χ3v) is 3.19. The maximum atomic E-state index is 11.6. The number of nitrogens with two attached hydrogens (primary N) is 1. The Hall–Kier alpha value is -0.970. The number of hydrogen-bond donors (Lipinski definition) is 2. The third-order valence-electron chi connectivity index (χ3n) is 2.94. The number of rotatable bonds is 5. The SMILES string of the molecule is CC(CNC(=O)C1(N)CC1)Oc1ccc(Cl)cc1.Cl. The van der Waals surface area contributed by atoms with E-state index in [1.807, 2.05) is 6.92 Å². The van der Waals surface area contributed by atoms with Gasteiger partial charge in [0.2, 0.25) is 5.91 Å². The molecule has 1 unspecified atom stereocenters. The van der Waals surface area contributed by atoms with E-state index >= 15 is 0 Å². The van der Waals surface area contributed by atoms with Crippen molar-refractivity contribution in [1.82, 2.24) is 5.32 Å². The van der Waals surface area contributed by atoms with Crippen LogP contribution in [0.2, 0.25) is 5.02 Å². The van der Waals surface area contributed by atoms with Crippen LogP contribution in [0.15, 0.2) is 24.3 Å². The first kappa shape index (κ1) is 16.1. The van der Waals surface area contributed by atoms with Gasteiger partial charge in [-0.05, 0) is 44.0 Å². The van der Waals surface area contributed by atoms with Gasteiger partial charge < -0.3 is 15.8 Å². The van der Waals surface area contributed by atoms with Crippen LogP contribution in [0.3, 0.4) is 0 Å². The highest BCUT2D eigenvalue weighted by Gasteiger charge is 2.45. The van der Waals surface area contributed by atoms with E-state index in [-0.39, 0.29) is 24.4 Å². The van der Waals surface area contributed by atoms with Gasteiger partial charge in [-0.15, -0.1) is 12.4 Å². The summed E-state index contributed by atoms with van der Waals surface area (Å²) < 4.78 is 5.64. The molecule has 0 heterocycles. The number of carbonyl (C=O) groups is 1. The molecule has 1 aromatic rings. The third kappa shape index (κ3) is 4.56. The number of carbonyl (C=O) groups excluding carboxylic acids is 1. The Balaban J connectivity index is 0.00000180. The zero-order valence-electron chi connectivity index (χ0n) is 10.7. The van der Waals surface area contributed by atoms with Gasteiger partial charge in [0.05, 0.1) is 12.1 Å². The number of nitrogens with one attached hydrogen (secondary N) is 1. The second kappa shape index (κ2) is 6.46. The molecule has 0 saturated heterocycles. The van der Waals surface area contributed by atoms with E-state index in [9.17, 15) is 4.79 Å². The molecule has 4 nitrogen and oxygen atoms in total. The van der Waals surface area contributed by atoms with Crippen LogP contribution < -0.4 is 15.8 Å². The summed E-state index contributed by atoms with van der Waals surface area (Å²) in [5.74, 6) is 0.643. The smallest absolute Gasteiger partial charge is 0.240 e. The molecule has 1 atom stereocenters. The summed E-state index contributed by atoms with van der Waals surface area (Å²) in [5.41, 5.74) is 5.15. The zero-order valence-corrected chi connectivity index (χ0v) is 12.3. The van der Waals surface area contributed by atoms with Crippen molar-refractivity contribution in [3.05, 3.63) is 29.3 Å². The molecular formula is C13H18Cl2N2O2. The first-order valence-corrected chi connectivity index (χ1v) is 6.37. The van der Waals surface area contributed by atoms with Crippen LogP contribution in [0.1, 0.15) is 19.8 Å². The number of hydrogen-bond acceptors (Lipinski definition) is 3. The average Bonchev–Trinajstić information content (AvgIpc) is 3.09. The quantitative estimate of drug-likeness (QED) is 0.876. The van der Waals surface area contributed by atoms with Gasteiger partial charge in [-0.3, -0.25) is 4.79 Å². The normalized spacial score (nSPS) is 17.0. The molecule has 2 rings (SSSR count). The summed E-state index contributed by atoms with van der Waals surface area (Å²) >= 11 is 5.78. The highest BCUT2D eigenvalue weighted by Crippen LogP contribution is 2.32. The summed E-state index contributed by atoms with van der Waals surface area (Å²) in [6.07, 6.45) is 1.42. The summed E-state index contributed by atoms with van der Waals surface area (Å²) in [5, 5.41) is 3.47. The van der Waals surface area contributed by atoms with E-state index in [0.717, 1.165) is 18.6 Å². The van der Waals surface area contributed by atoms with Gasteiger partial charge in [0.1, 0.15) is 11.9 Å². The van der Waals surface area contributed by atoms with Crippen molar-refractivity contribution in [2.24, 2.45) is 5.73 Å². The van der Waals surface area contributed by atoms with Crippen LogP contribution in [-0.2, 0) is 4.79 Å². The standard InChI is InChI=1S/C13H17ClN2O2.ClH/c1-9(8-16-12(17)13(15)6-7-13)18-11-4-2-10(14)3-5-11;/h2-5,9H,6-8,15H2,1H3,(H,16,17);1H. The number of amides is 1. The summed E-state index contributed by atoms with van der Waals surface area (Å²) in [6.45, 7) is 2.34. The molecular weight excluding hydrogens is 287 g/mol. The second-order valence-electron chi connectivity index (χ2n) is 4.75. The van der Waals surface area contributed by atoms with Crippen molar-refractivity contribution >= 4 is 29.9 Å². The highest BCUT2D eigenvalue weighted by molar-refractivity contribution is 6.30. The minimum atomic E-state index is -0.625. The summed E-state index contributed by atoms with van der Waals surface area (Å²) in [6, 6.07) is 7.13. The minimum absolute atomic E-state index is 0. The molecule has 1 fully saturated rings. The van der Waals surface area contributed by atoms with Crippen molar-refractivity contribution in [3.63, 3.8) is 0 Å². The molecule has 0 aliphatic heterocycles. The Morgan fingerprint density at radius 1 is 1.47 bits per heavy atom. The monoisotopic (exact) mass is 304 g/mol. The van der Waals surface area contributed by atoms with E-state index in [1.54, 1.807) is 24.3 Å². The molecule has 0 spiro atoms. The van der Waals surface area contributed by atoms with Crippen molar-refractivity contribution in [2.45, 2.75) is 31.4 Å². The van der Waals surface area contributed by atoms with Crippen molar-refractivity contribution < 1.29 is 9.53 Å². The van der Waals surface area contributed by atoms with Gasteiger partial charge in [0.15, 0.2) is 0 Å². The highest BCUT2D eigenvalue weighted by atomic mass is 35.5. The molecule has 106 valence electrons. The van der Waals surface area contributed by atoms with Crippen LogP contribution in [0.5, 0.6) is 5.75 Å². The number of ether oxygens (including phenoxy) is 1. The Labute approximate surface area is 124 Å². The Morgan fingerprint density at radius 3 is 2.58 bits per heavy atom. The van der Waals surface area contributed by atoms with Crippen molar-refractivity contribution in [1.29, 1.82) is 0 Å². The van der Waals surface area contributed by atoms with Crippen LogP contribution in [0.4, 0.5) is 0 Å². The van der Waals surface area contributed by atoms with Gasteiger partial charge in [-0.25, -0.2) is 0 Å². The largest absolute Gasteiger partial charge is 0.489 e. The lowest BCUT2D eigenvalue weighted by atomic mass is 10.2. The molecule has 1 aromatic carbocycles. The molecule has 1 saturated carbocycles. The molecule has 6 heteroatoms. The average molecular weight is 305 g/mol. The first-order valence-electron chi connectivity index (χ1n) is 5.99. The van der Waals surface area contributed by atoms with Gasteiger partial charge in [0.25, 0.3) is 0 Å². The molecule has 0 aromatic heterocycles. The molecule has 1 amide bonds. The predicted octanol–water partition coefficient (Wildman–Crippen LogP) is 2.14. The number of halogens is 2. The van der Waals surface area contributed by atoms with E-state index in [4.69, 9.17) is 22.1 Å². The zero-order chi connectivity index (χ0) is 13.2. The maximum absolute atomic E-state index is 11.6. The minimum Gasteiger partial charge on any atom is -0.489 e. The van der Waals surface area contributed by atoms with Crippen LogP contribution in [0, 0.1) is 0 Å². The summed E-state index contributed by atoms with van der Waals surface area (Å²) in [4.78, 5) is 11.6. The first-order chi connectivity index (χ1) is 8.49. The topological polar surface area (TPSA) is 64.4 Å². The maximum Gasteiger partial charge on any atom is 0.240 e. The molecule has 19 heavy (non-hydrogen) atoms. The molecule has 0 bridgehead atoms. The van der Waals surface area contributed by atoms with Crippen molar-refractivity contribution in [3.8, 4) is 5.75 Å². The van der Waals surface area contributed by atoms with E-state index in [0.29, 0.717) is 11.6 Å². The lowest BCUT2D eigenvalue weighted by Gasteiger charge is -2.17. The Morgan fingerprint density at radius 2 is 2.05 bits per heavy atom. The lowest BCUT2D eigenvalue weighted by Crippen LogP contribution is -2.45. The van der Waals surface area contributed by atoms with E-state index in [1.165, 1.54) is 0 Å².